The minimum absolute atomic E-state index is 0.308. The number of hydrazone groups is 1. The second-order valence-electron chi connectivity index (χ2n) is 6.59. The fraction of sp³-hybridized carbons (Fsp3) is 0.136. The maximum atomic E-state index is 12.3. The number of methoxy groups -OCH3 is 1. The molecule has 0 atom stereocenters. The second-order valence-corrected chi connectivity index (χ2v) is 6.59. The molecule has 0 aliphatic heterocycles. The van der Waals surface area contributed by atoms with Crippen molar-refractivity contribution in [2.75, 3.05) is 7.11 Å². The number of hydrogen-bond acceptors (Lipinski definition) is 5. The highest BCUT2D eigenvalue weighted by molar-refractivity contribution is 5.97. The lowest BCUT2D eigenvalue weighted by molar-refractivity contribution is 0.0955. The first-order chi connectivity index (χ1) is 14.1. The molecule has 0 spiro atoms. The van der Waals surface area contributed by atoms with E-state index in [0.717, 1.165) is 33.9 Å². The van der Waals surface area contributed by atoms with E-state index in [4.69, 9.17) is 9.15 Å². The number of nitrogens with zero attached hydrogens (tertiary/aromatic N) is 2. The van der Waals surface area contributed by atoms with Crippen molar-refractivity contribution in [2.45, 2.75) is 13.3 Å². The van der Waals surface area contributed by atoms with Crippen LogP contribution in [0.1, 0.15) is 33.3 Å². The average molecular weight is 388 g/mol. The summed E-state index contributed by atoms with van der Waals surface area (Å²) in [5.74, 6) is 2.70. The fourth-order valence-corrected chi connectivity index (χ4v) is 2.97. The number of nitrogens with one attached hydrogen (secondary N) is 2. The van der Waals surface area contributed by atoms with Crippen molar-refractivity contribution in [1.82, 2.24) is 15.4 Å². The van der Waals surface area contributed by atoms with Gasteiger partial charge in [0.05, 0.1) is 24.4 Å². The Labute approximate surface area is 167 Å². The topological polar surface area (TPSA) is 92.5 Å². The number of imidazole rings is 1. The van der Waals surface area contributed by atoms with Gasteiger partial charge in [-0.3, -0.25) is 4.79 Å². The number of carbonyl (C=O) groups is 1. The van der Waals surface area contributed by atoms with Gasteiger partial charge in [-0.05, 0) is 55.0 Å². The minimum Gasteiger partial charge on any atom is -0.497 e. The van der Waals surface area contributed by atoms with Crippen molar-refractivity contribution in [3.05, 3.63) is 83.1 Å². The zero-order chi connectivity index (χ0) is 20.2. The second kappa shape index (κ2) is 8.02. The van der Waals surface area contributed by atoms with Gasteiger partial charge >= 0.3 is 0 Å². The van der Waals surface area contributed by atoms with E-state index in [1.807, 2.05) is 43.3 Å². The number of rotatable bonds is 6. The van der Waals surface area contributed by atoms with Crippen molar-refractivity contribution < 1.29 is 13.9 Å². The highest BCUT2D eigenvalue weighted by Gasteiger charge is 2.09. The van der Waals surface area contributed by atoms with Gasteiger partial charge in [0.25, 0.3) is 5.91 Å². The summed E-state index contributed by atoms with van der Waals surface area (Å²) in [5, 5.41) is 3.93. The van der Waals surface area contributed by atoms with Gasteiger partial charge in [-0.2, -0.15) is 5.10 Å². The van der Waals surface area contributed by atoms with Crippen molar-refractivity contribution in [3.63, 3.8) is 0 Å². The molecule has 4 aromatic rings. The summed E-state index contributed by atoms with van der Waals surface area (Å²) in [4.78, 5) is 20.2. The lowest BCUT2D eigenvalue weighted by atomic mass is 10.1. The number of amides is 1. The van der Waals surface area contributed by atoms with Crippen LogP contribution < -0.4 is 10.2 Å². The lowest BCUT2D eigenvalue weighted by Crippen LogP contribution is -2.17. The van der Waals surface area contributed by atoms with Gasteiger partial charge in [-0.1, -0.05) is 12.1 Å². The standard InChI is InChI=1S/C22H20N4O3/c1-14-3-7-18(29-14)13-23-26-22(27)16-6-10-19-20(12-16)25-21(24-19)11-15-4-8-17(28-2)9-5-15/h3-10,12-13H,11H2,1-2H3,(H,24,25)(H,26,27)/b23-13-. The van der Waals surface area contributed by atoms with E-state index >= 15 is 0 Å². The summed E-state index contributed by atoms with van der Waals surface area (Å²) in [6.07, 6.45) is 2.12. The summed E-state index contributed by atoms with van der Waals surface area (Å²) >= 11 is 0. The molecule has 7 heteroatoms. The maximum Gasteiger partial charge on any atom is 0.271 e. The smallest absolute Gasteiger partial charge is 0.271 e. The zero-order valence-corrected chi connectivity index (χ0v) is 16.1. The van der Waals surface area contributed by atoms with Crippen molar-refractivity contribution in [3.8, 4) is 5.75 Å². The van der Waals surface area contributed by atoms with E-state index in [-0.39, 0.29) is 5.91 Å². The Morgan fingerprint density at radius 3 is 2.76 bits per heavy atom. The number of aromatic amines is 1. The van der Waals surface area contributed by atoms with Crippen LogP contribution in [0.25, 0.3) is 11.0 Å². The highest BCUT2D eigenvalue weighted by atomic mass is 16.5. The van der Waals surface area contributed by atoms with Crippen molar-refractivity contribution >= 4 is 23.2 Å². The van der Waals surface area contributed by atoms with Gasteiger partial charge in [0, 0.05) is 12.0 Å². The summed E-state index contributed by atoms with van der Waals surface area (Å²) < 4.78 is 10.6. The predicted molar refractivity (Wildman–Crippen MR) is 110 cm³/mol. The largest absolute Gasteiger partial charge is 0.497 e. The van der Waals surface area contributed by atoms with E-state index in [1.165, 1.54) is 6.21 Å². The van der Waals surface area contributed by atoms with Gasteiger partial charge in [0.2, 0.25) is 0 Å². The Bertz CT molecular complexity index is 1170. The summed E-state index contributed by atoms with van der Waals surface area (Å²) in [6, 6.07) is 16.8. The monoisotopic (exact) mass is 388 g/mol. The predicted octanol–water partition coefficient (Wildman–Crippen LogP) is 3.83. The molecule has 2 aromatic carbocycles. The Hall–Kier alpha value is -3.87. The maximum absolute atomic E-state index is 12.3. The van der Waals surface area contributed by atoms with Gasteiger partial charge in [0.15, 0.2) is 0 Å². The van der Waals surface area contributed by atoms with Gasteiger partial charge in [0.1, 0.15) is 23.1 Å². The van der Waals surface area contributed by atoms with Crippen LogP contribution in [0, 0.1) is 6.92 Å². The number of hydrogen-bond donors (Lipinski definition) is 2. The normalized spacial score (nSPS) is 11.2. The molecule has 7 nitrogen and oxygen atoms in total. The molecule has 2 aromatic heterocycles. The van der Waals surface area contributed by atoms with Gasteiger partial charge in [-0.15, -0.1) is 0 Å². The van der Waals surface area contributed by atoms with Crippen LogP contribution in [0.5, 0.6) is 5.75 Å². The first-order valence-corrected chi connectivity index (χ1v) is 9.12. The molecule has 146 valence electrons. The Balaban J connectivity index is 1.45. The van der Waals surface area contributed by atoms with Crippen LogP contribution in [-0.2, 0) is 6.42 Å². The van der Waals surface area contributed by atoms with Crippen LogP contribution >= 0.6 is 0 Å². The molecule has 0 saturated heterocycles. The number of furan rings is 1. The van der Waals surface area contributed by atoms with Crippen LogP contribution in [0.2, 0.25) is 0 Å². The molecule has 2 N–H and O–H groups in total. The first-order valence-electron chi connectivity index (χ1n) is 9.12. The fourth-order valence-electron chi connectivity index (χ4n) is 2.97. The van der Waals surface area contributed by atoms with Crippen LogP contribution in [0.3, 0.4) is 0 Å². The molecule has 2 heterocycles. The number of fused-ring (bicyclic) bond motifs is 1. The molecule has 0 unspecified atom stereocenters. The van der Waals surface area contributed by atoms with Crippen molar-refractivity contribution in [2.24, 2.45) is 5.10 Å². The number of carbonyl (C=O) groups excluding carboxylic acids is 1. The van der Waals surface area contributed by atoms with E-state index < -0.39 is 0 Å². The molecular formula is C22H20N4O3. The molecule has 0 saturated carbocycles. The van der Waals surface area contributed by atoms with E-state index in [1.54, 1.807) is 25.3 Å². The molecule has 0 bridgehead atoms. The summed E-state index contributed by atoms with van der Waals surface area (Å²) in [7, 11) is 1.64. The first kappa shape index (κ1) is 18.5. The average Bonchev–Trinajstić information content (AvgIpc) is 3.33. The molecule has 0 fully saturated rings. The number of ether oxygens (including phenoxy) is 1. The third kappa shape index (κ3) is 4.35. The minimum atomic E-state index is -0.308. The lowest BCUT2D eigenvalue weighted by Gasteiger charge is -2.01. The number of aromatic nitrogens is 2. The van der Waals surface area contributed by atoms with E-state index in [0.29, 0.717) is 17.7 Å². The van der Waals surface area contributed by atoms with Crippen LogP contribution in [0.4, 0.5) is 0 Å². The van der Waals surface area contributed by atoms with E-state index in [2.05, 4.69) is 20.5 Å². The number of aryl methyl sites for hydroxylation is 1. The molecule has 0 aliphatic carbocycles. The Kier molecular flexibility index (Phi) is 5.11. The molecule has 4 rings (SSSR count). The molecule has 29 heavy (non-hydrogen) atoms. The number of H-pyrrole nitrogens is 1. The van der Waals surface area contributed by atoms with Gasteiger partial charge in [-0.25, -0.2) is 10.4 Å². The third-order valence-corrected chi connectivity index (χ3v) is 4.44. The van der Waals surface area contributed by atoms with Crippen LogP contribution in [-0.4, -0.2) is 29.2 Å². The third-order valence-electron chi connectivity index (χ3n) is 4.44. The van der Waals surface area contributed by atoms with E-state index in [9.17, 15) is 4.79 Å². The SMILES string of the molecule is COc1ccc(Cc2nc3ccc(C(=O)N/N=C\c4ccc(C)o4)cc3[nH]2)cc1. The molecule has 1 amide bonds. The van der Waals surface area contributed by atoms with Crippen molar-refractivity contribution in [1.29, 1.82) is 0 Å². The molecule has 0 aliphatic rings. The summed E-state index contributed by atoms with van der Waals surface area (Å²) in [6.45, 7) is 1.85. The summed E-state index contributed by atoms with van der Waals surface area (Å²) in [5.41, 5.74) is 5.71. The van der Waals surface area contributed by atoms with Gasteiger partial charge < -0.3 is 14.1 Å². The Morgan fingerprint density at radius 2 is 2.03 bits per heavy atom. The molecule has 0 radical (unpaired) electrons. The molecular weight excluding hydrogens is 368 g/mol. The highest BCUT2D eigenvalue weighted by Crippen LogP contribution is 2.18. The van der Waals surface area contributed by atoms with Crippen LogP contribution in [0.15, 0.2) is 64.1 Å². The number of benzene rings is 2. The zero-order valence-electron chi connectivity index (χ0n) is 16.1. The quantitative estimate of drug-likeness (QED) is 0.388. The Morgan fingerprint density at radius 1 is 1.21 bits per heavy atom.